The van der Waals surface area contributed by atoms with Crippen LogP contribution in [0.25, 0.3) is 0 Å². The van der Waals surface area contributed by atoms with Crippen molar-refractivity contribution < 1.29 is 4.79 Å². The molecule has 1 aliphatic rings. The van der Waals surface area contributed by atoms with Crippen LogP contribution in [0.3, 0.4) is 0 Å². The molecule has 1 aromatic rings. The molecule has 0 saturated carbocycles. The highest BCUT2D eigenvalue weighted by Gasteiger charge is 2.07. The molecule has 0 atom stereocenters. The number of rotatable bonds is 1. The summed E-state index contributed by atoms with van der Waals surface area (Å²) in [5.41, 5.74) is 3.27. The molecule has 0 radical (unpaired) electrons. The van der Waals surface area contributed by atoms with Gasteiger partial charge in [-0.2, -0.15) is 0 Å². The van der Waals surface area contributed by atoms with E-state index in [1.54, 1.807) is 7.05 Å². The number of hydrogen-bond acceptors (Lipinski definition) is 1. The molecule has 2 nitrogen and oxygen atoms in total. The Bertz CT molecular complexity index is 458. The predicted octanol–water partition coefficient (Wildman–Crippen LogP) is 2.26. The summed E-state index contributed by atoms with van der Waals surface area (Å²) in [5.74, 6) is -0.0237. The lowest BCUT2D eigenvalue weighted by atomic mass is 9.97. The van der Waals surface area contributed by atoms with Crippen molar-refractivity contribution in [3.05, 3.63) is 59.2 Å². The van der Waals surface area contributed by atoms with E-state index in [1.807, 2.05) is 18.2 Å². The molecule has 1 aliphatic carbocycles. The van der Waals surface area contributed by atoms with Crippen LogP contribution in [0.1, 0.15) is 21.5 Å². The molecule has 0 unspecified atom stereocenters. The van der Waals surface area contributed by atoms with Crippen LogP contribution in [0.15, 0.2) is 42.5 Å². The van der Waals surface area contributed by atoms with Crippen molar-refractivity contribution >= 4 is 5.91 Å². The summed E-state index contributed by atoms with van der Waals surface area (Å²) >= 11 is 0. The Kier molecular flexibility index (Phi) is 3.20. The van der Waals surface area contributed by atoms with Crippen molar-refractivity contribution in [1.82, 2.24) is 5.32 Å². The lowest BCUT2D eigenvalue weighted by Gasteiger charge is -2.09. The van der Waals surface area contributed by atoms with Gasteiger partial charge >= 0.3 is 0 Å². The van der Waals surface area contributed by atoms with Gasteiger partial charge in [-0.15, -0.1) is 0 Å². The third-order valence-corrected chi connectivity index (χ3v) is 2.75. The molecule has 0 aromatic heterocycles. The molecule has 0 bridgehead atoms. The fourth-order valence-corrected chi connectivity index (χ4v) is 1.85. The largest absolute Gasteiger partial charge is 0.355 e. The lowest BCUT2D eigenvalue weighted by Crippen LogP contribution is -2.18. The number of carbonyl (C=O) groups is 1. The maximum Gasteiger partial charge on any atom is 0.251 e. The summed E-state index contributed by atoms with van der Waals surface area (Å²) in [6.07, 6.45) is 10.2. The molecule has 0 spiro atoms. The number of carbonyl (C=O) groups excluding carboxylic acids is 1. The van der Waals surface area contributed by atoms with E-state index in [0.29, 0.717) is 0 Å². The third kappa shape index (κ3) is 2.22. The van der Waals surface area contributed by atoms with E-state index in [4.69, 9.17) is 0 Å². The second kappa shape index (κ2) is 4.79. The Morgan fingerprint density at radius 2 is 1.81 bits per heavy atom. The van der Waals surface area contributed by atoms with Crippen molar-refractivity contribution in [1.29, 1.82) is 0 Å². The number of nitrogens with one attached hydrogen (secondary N) is 1. The molecule has 1 N–H and O–H groups in total. The summed E-state index contributed by atoms with van der Waals surface area (Å²) in [4.78, 5) is 11.5. The second-order valence-corrected chi connectivity index (χ2v) is 3.83. The Balaban J connectivity index is 2.37. The van der Waals surface area contributed by atoms with Gasteiger partial charge in [-0.3, -0.25) is 4.79 Å². The average Bonchev–Trinajstić information content (AvgIpc) is 2.28. The van der Waals surface area contributed by atoms with Crippen LogP contribution in [0, 0.1) is 0 Å². The first-order valence-corrected chi connectivity index (χ1v) is 5.47. The van der Waals surface area contributed by atoms with Crippen molar-refractivity contribution in [2.24, 2.45) is 0 Å². The highest BCUT2D eigenvalue weighted by molar-refractivity contribution is 5.94. The number of allylic oxidation sites excluding steroid dienone is 4. The average molecular weight is 213 g/mol. The first-order chi connectivity index (χ1) is 7.81. The van der Waals surface area contributed by atoms with Crippen LogP contribution >= 0.6 is 0 Å². The van der Waals surface area contributed by atoms with Crippen LogP contribution in [-0.4, -0.2) is 13.0 Å². The molecule has 0 fully saturated rings. The Morgan fingerprint density at radius 1 is 1.12 bits per heavy atom. The van der Waals surface area contributed by atoms with Gasteiger partial charge in [0.1, 0.15) is 0 Å². The predicted molar refractivity (Wildman–Crippen MR) is 65.5 cm³/mol. The third-order valence-electron chi connectivity index (χ3n) is 2.75. The van der Waals surface area contributed by atoms with Crippen molar-refractivity contribution in [3.8, 4) is 0 Å². The summed E-state index contributed by atoms with van der Waals surface area (Å²) in [5, 5.41) is 2.65. The van der Waals surface area contributed by atoms with E-state index in [1.165, 1.54) is 11.1 Å². The van der Waals surface area contributed by atoms with Gasteiger partial charge in [0.25, 0.3) is 5.91 Å². The monoisotopic (exact) mass is 213 g/mol. The van der Waals surface area contributed by atoms with E-state index in [2.05, 4.69) is 29.6 Å². The molecule has 0 heterocycles. The van der Waals surface area contributed by atoms with Crippen LogP contribution in [0.2, 0.25) is 0 Å². The Labute approximate surface area is 95.7 Å². The SMILES string of the molecule is CNC(=O)c1ccc2c(c1)C/C=C\C=CC2. The molecule has 1 aromatic carbocycles. The fraction of sp³-hybridized carbons (Fsp3) is 0.214. The zero-order chi connectivity index (χ0) is 11.4. The Morgan fingerprint density at radius 3 is 2.50 bits per heavy atom. The first kappa shape index (κ1) is 10.7. The molecule has 2 rings (SSSR count). The van der Waals surface area contributed by atoms with Gasteiger partial charge in [-0.05, 0) is 36.1 Å². The standard InChI is InChI=1S/C14H15NO/c1-15-14(16)13-9-8-11-6-4-2-3-5-7-12(11)10-13/h2-5,8-10H,6-7H2,1H3,(H,15,16)/b4-2?,5-3-. The molecule has 1 amide bonds. The van der Waals surface area contributed by atoms with Gasteiger partial charge in [-0.1, -0.05) is 30.4 Å². The van der Waals surface area contributed by atoms with Crippen LogP contribution < -0.4 is 5.32 Å². The number of benzene rings is 1. The van der Waals surface area contributed by atoms with E-state index >= 15 is 0 Å². The molecular weight excluding hydrogens is 198 g/mol. The number of fused-ring (bicyclic) bond motifs is 1. The van der Waals surface area contributed by atoms with Gasteiger partial charge in [0, 0.05) is 12.6 Å². The maximum absolute atomic E-state index is 11.5. The van der Waals surface area contributed by atoms with Crippen molar-refractivity contribution in [3.63, 3.8) is 0 Å². The normalized spacial score (nSPS) is 15.8. The van der Waals surface area contributed by atoms with E-state index < -0.39 is 0 Å². The highest BCUT2D eigenvalue weighted by atomic mass is 16.1. The molecule has 2 heteroatoms. The van der Waals surface area contributed by atoms with E-state index in [0.717, 1.165) is 18.4 Å². The van der Waals surface area contributed by atoms with Gasteiger partial charge in [0.2, 0.25) is 0 Å². The zero-order valence-electron chi connectivity index (χ0n) is 9.36. The molecular formula is C14H15NO. The summed E-state index contributed by atoms with van der Waals surface area (Å²) in [6.45, 7) is 0. The summed E-state index contributed by atoms with van der Waals surface area (Å²) in [6, 6.07) is 5.91. The maximum atomic E-state index is 11.5. The van der Waals surface area contributed by atoms with Gasteiger partial charge in [0.15, 0.2) is 0 Å². The molecule has 0 saturated heterocycles. The molecule has 82 valence electrons. The zero-order valence-corrected chi connectivity index (χ0v) is 9.36. The van der Waals surface area contributed by atoms with Crippen LogP contribution in [0.5, 0.6) is 0 Å². The topological polar surface area (TPSA) is 29.1 Å². The highest BCUT2D eigenvalue weighted by Crippen LogP contribution is 2.16. The Hall–Kier alpha value is -1.83. The number of hydrogen-bond donors (Lipinski definition) is 1. The van der Waals surface area contributed by atoms with Crippen molar-refractivity contribution in [2.75, 3.05) is 7.05 Å². The minimum absolute atomic E-state index is 0.0237. The smallest absolute Gasteiger partial charge is 0.251 e. The molecule has 16 heavy (non-hydrogen) atoms. The molecule has 0 aliphatic heterocycles. The van der Waals surface area contributed by atoms with Gasteiger partial charge in [-0.25, -0.2) is 0 Å². The summed E-state index contributed by atoms with van der Waals surface area (Å²) in [7, 11) is 1.65. The minimum Gasteiger partial charge on any atom is -0.355 e. The quantitative estimate of drug-likeness (QED) is 0.761. The van der Waals surface area contributed by atoms with Gasteiger partial charge < -0.3 is 5.32 Å². The number of amides is 1. The fourth-order valence-electron chi connectivity index (χ4n) is 1.85. The van der Waals surface area contributed by atoms with E-state index in [-0.39, 0.29) is 5.91 Å². The van der Waals surface area contributed by atoms with Crippen molar-refractivity contribution in [2.45, 2.75) is 12.8 Å². The lowest BCUT2D eigenvalue weighted by molar-refractivity contribution is 0.0963. The second-order valence-electron chi connectivity index (χ2n) is 3.83. The van der Waals surface area contributed by atoms with E-state index in [9.17, 15) is 4.79 Å². The minimum atomic E-state index is -0.0237. The summed E-state index contributed by atoms with van der Waals surface area (Å²) < 4.78 is 0. The first-order valence-electron chi connectivity index (χ1n) is 5.47. The van der Waals surface area contributed by atoms with Crippen LogP contribution in [-0.2, 0) is 12.8 Å². The van der Waals surface area contributed by atoms with Gasteiger partial charge in [0.05, 0.1) is 0 Å². The van der Waals surface area contributed by atoms with Crippen LogP contribution in [0.4, 0.5) is 0 Å².